The number of carbonyl (C=O) groups excluding carboxylic acids is 1. The van der Waals surface area contributed by atoms with E-state index >= 15 is 0 Å². The largest absolute Gasteiger partial charge is 0.493 e. The number of benzene rings is 2. The summed E-state index contributed by atoms with van der Waals surface area (Å²) in [7, 11) is 1.36. The Morgan fingerprint density at radius 3 is 2.52 bits per heavy atom. The van der Waals surface area contributed by atoms with Crippen molar-refractivity contribution in [3.63, 3.8) is 0 Å². The Kier molecular flexibility index (Phi) is 6.16. The fourth-order valence-electron chi connectivity index (χ4n) is 2.31. The highest BCUT2D eigenvalue weighted by Gasteiger charge is 2.12. The molecule has 134 valence electrons. The van der Waals surface area contributed by atoms with Crippen LogP contribution in [0, 0.1) is 13.8 Å². The lowest BCUT2D eigenvalue weighted by atomic mass is 10.1. The van der Waals surface area contributed by atoms with Crippen LogP contribution < -0.4 is 20.1 Å². The van der Waals surface area contributed by atoms with Crippen LogP contribution in [-0.4, -0.2) is 26.2 Å². The number of nitrogens with one attached hydrogen (secondary N) is 2. The molecule has 0 fully saturated rings. The minimum atomic E-state index is -2.96. The summed E-state index contributed by atoms with van der Waals surface area (Å²) in [5.74, 6) is -0.165. The monoisotopic (exact) mass is 350 g/mol. The van der Waals surface area contributed by atoms with Gasteiger partial charge in [0.1, 0.15) is 0 Å². The second-order valence-corrected chi connectivity index (χ2v) is 5.46. The molecule has 0 aliphatic carbocycles. The zero-order valence-corrected chi connectivity index (χ0v) is 14.2. The SMILES string of the molecule is COc1ccc(NCC(=O)Nc2ccc(C)cc2C)cc1OC(F)F. The Hall–Kier alpha value is -2.83. The molecule has 5 nitrogen and oxygen atoms in total. The van der Waals surface area contributed by atoms with E-state index in [0.717, 1.165) is 16.8 Å². The summed E-state index contributed by atoms with van der Waals surface area (Å²) in [6.45, 7) is 0.904. The third-order valence-corrected chi connectivity index (χ3v) is 3.49. The smallest absolute Gasteiger partial charge is 0.387 e. The van der Waals surface area contributed by atoms with Crippen molar-refractivity contribution in [1.29, 1.82) is 0 Å². The lowest BCUT2D eigenvalue weighted by Crippen LogP contribution is -2.22. The van der Waals surface area contributed by atoms with Crippen LogP contribution in [0.5, 0.6) is 11.5 Å². The maximum Gasteiger partial charge on any atom is 0.387 e. The molecule has 2 aromatic rings. The molecular formula is C18H20F2N2O3. The number of amides is 1. The third kappa shape index (κ3) is 5.34. The van der Waals surface area contributed by atoms with Gasteiger partial charge in [0.25, 0.3) is 0 Å². The van der Waals surface area contributed by atoms with Gasteiger partial charge in [0.15, 0.2) is 11.5 Å². The molecule has 0 saturated heterocycles. The topological polar surface area (TPSA) is 59.6 Å². The molecule has 0 radical (unpaired) electrons. The number of halogens is 2. The maximum absolute atomic E-state index is 12.4. The lowest BCUT2D eigenvalue weighted by molar-refractivity contribution is -0.114. The van der Waals surface area contributed by atoms with Crippen LogP contribution in [0.3, 0.4) is 0 Å². The Morgan fingerprint density at radius 2 is 1.88 bits per heavy atom. The Morgan fingerprint density at radius 1 is 1.12 bits per heavy atom. The highest BCUT2D eigenvalue weighted by Crippen LogP contribution is 2.31. The fourth-order valence-corrected chi connectivity index (χ4v) is 2.31. The first-order chi connectivity index (χ1) is 11.9. The van der Waals surface area contributed by atoms with Gasteiger partial charge in [-0.15, -0.1) is 0 Å². The molecule has 0 saturated carbocycles. The van der Waals surface area contributed by atoms with E-state index < -0.39 is 6.61 Å². The molecule has 2 aromatic carbocycles. The van der Waals surface area contributed by atoms with E-state index in [1.165, 1.54) is 19.2 Å². The maximum atomic E-state index is 12.4. The van der Waals surface area contributed by atoms with Gasteiger partial charge < -0.3 is 20.1 Å². The summed E-state index contributed by atoms with van der Waals surface area (Å²) in [5.41, 5.74) is 3.27. The minimum Gasteiger partial charge on any atom is -0.493 e. The molecule has 0 aromatic heterocycles. The number of ether oxygens (including phenoxy) is 2. The molecule has 2 rings (SSSR count). The van der Waals surface area contributed by atoms with E-state index in [9.17, 15) is 13.6 Å². The third-order valence-electron chi connectivity index (χ3n) is 3.49. The highest BCUT2D eigenvalue weighted by molar-refractivity contribution is 5.94. The number of aryl methyl sites for hydroxylation is 2. The van der Waals surface area contributed by atoms with Gasteiger partial charge in [-0.3, -0.25) is 4.79 Å². The minimum absolute atomic E-state index is 0.0201. The first-order valence-electron chi connectivity index (χ1n) is 7.63. The summed E-state index contributed by atoms with van der Waals surface area (Å²) in [6.07, 6.45) is 0. The number of rotatable bonds is 7. The van der Waals surface area contributed by atoms with Gasteiger partial charge in [0, 0.05) is 17.4 Å². The summed E-state index contributed by atoms with van der Waals surface area (Å²) >= 11 is 0. The summed E-state index contributed by atoms with van der Waals surface area (Å²) in [5, 5.41) is 5.67. The molecule has 0 atom stereocenters. The van der Waals surface area contributed by atoms with Crippen LogP contribution in [0.2, 0.25) is 0 Å². The van der Waals surface area contributed by atoms with Crippen molar-refractivity contribution in [2.45, 2.75) is 20.5 Å². The Balaban J connectivity index is 1.99. The van der Waals surface area contributed by atoms with Crippen molar-refractivity contribution >= 4 is 17.3 Å². The van der Waals surface area contributed by atoms with E-state index in [1.54, 1.807) is 6.07 Å². The van der Waals surface area contributed by atoms with Gasteiger partial charge >= 0.3 is 6.61 Å². The van der Waals surface area contributed by atoms with Crippen LogP contribution in [0.1, 0.15) is 11.1 Å². The van der Waals surface area contributed by atoms with Crippen LogP contribution in [0.25, 0.3) is 0 Å². The summed E-state index contributed by atoms with van der Waals surface area (Å²) in [6, 6.07) is 10.2. The van der Waals surface area contributed by atoms with Crippen LogP contribution in [0.15, 0.2) is 36.4 Å². The van der Waals surface area contributed by atoms with E-state index in [-0.39, 0.29) is 24.0 Å². The van der Waals surface area contributed by atoms with Gasteiger partial charge in [-0.25, -0.2) is 0 Å². The number of hydrogen-bond acceptors (Lipinski definition) is 4. The van der Waals surface area contributed by atoms with Gasteiger partial charge in [-0.1, -0.05) is 17.7 Å². The van der Waals surface area contributed by atoms with Crippen molar-refractivity contribution in [2.75, 3.05) is 24.3 Å². The number of hydrogen-bond donors (Lipinski definition) is 2. The van der Waals surface area contributed by atoms with Gasteiger partial charge in [0.05, 0.1) is 13.7 Å². The standard InChI is InChI=1S/C18H20F2N2O3/c1-11-4-6-14(12(2)8-11)22-17(23)10-21-13-5-7-15(24-3)16(9-13)25-18(19)20/h4-9,18,21H,10H2,1-3H3,(H,22,23). The van der Waals surface area contributed by atoms with Crippen molar-refractivity contribution in [3.05, 3.63) is 47.5 Å². The second-order valence-electron chi connectivity index (χ2n) is 5.46. The molecule has 7 heteroatoms. The van der Waals surface area contributed by atoms with Gasteiger partial charge in [-0.05, 0) is 37.6 Å². The first kappa shape index (κ1) is 18.5. The molecular weight excluding hydrogens is 330 g/mol. The van der Waals surface area contributed by atoms with Crippen molar-refractivity contribution in [1.82, 2.24) is 0 Å². The summed E-state index contributed by atoms with van der Waals surface area (Å²) in [4.78, 5) is 12.1. The molecule has 0 aliphatic heterocycles. The molecule has 0 bridgehead atoms. The van der Waals surface area contributed by atoms with Crippen molar-refractivity contribution < 1.29 is 23.0 Å². The fraction of sp³-hybridized carbons (Fsp3) is 0.278. The number of methoxy groups -OCH3 is 1. The van der Waals surface area contributed by atoms with Crippen molar-refractivity contribution in [3.8, 4) is 11.5 Å². The van der Waals surface area contributed by atoms with E-state index in [0.29, 0.717) is 5.69 Å². The summed E-state index contributed by atoms with van der Waals surface area (Å²) < 4.78 is 34.2. The second kappa shape index (κ2) is 8.32. The predicted molar refractivity (Wildman–Crippen MR) is 92.7 cm³/mol. The van der Waals surface area contributed by atoms with Gasteiger partial charge in [0.2, 0.25) is 5.91 Å². The average molecular weight is 350 g/mol. The first-order valence-corrected chi connectivity index (χ1v) is 7.63. The number of anilines is 2. The van der Waals surface area contributed by atoms with Crippen LogP contribution in [-0.2, 0) is 4.79 Å². The molecule has 1 amide bonds. The van der Waals surface area contributed by atoms with Crippen LogP contribution >= 0.6 is 0 Å². The Bertz CT molecular complexity index is 751. The normalized spacial score (nSPS) is 10.5. The zero-order valence-electron chi connectivity index (χ0n) is 14.2. The molecule has 0 aliphatic rings. The molecule has 0 unspecified atom stereocenters. The Labute approximate surface area is 144 Å². The highest BCUT2D eigenvalue weighted by atomic mass is 19.3. The average Bonchev–Trinajstić information content (AvgIpc) is 2.55. The van der Waals surface area contributed by atoms with Gasteiger partial charge in [-0.2, -0.15) is 8.78 Å². The van der Waals surface area contributed by atoms with E-state index in [1.807, 2.05) is 32.0 Å². The zero-order chi connectivity index (χ0) is 18.4. The molecule has 0 spiro atoms. The molecule has 0 heterocycles. The predicted octanol–water partition coefficient (Wildman–Crippen LogP) is 3.96. The van der Waals surface area contributed by atoms with Crippen molar-refractivity contribution in [2.24, 2.45) is 0 Å². The quantitative estimate of drug-likeness (QED) is 0.793. The van der Waals surface area contributed by atoms with E-state index in [2.05, 4.69) is 15.4 Å². The van der Waals surface area contributed by atoms with E-state index in [4.69, 9.17) is 4.74 Å². The lowest BCUT2D eigenvalue weighted by Gasteiger charge is -2.13. The number of carbonyl (C=O) groups is 1. The number of alkyl halides is 2. The molecule has 25 heavy (non-hydrogen) atoms. The van der Waals surface area contributed by atoms with Crippen LogP contribution in [0.4, 0.5) is 20.2 Å². The molecule has 2 N–H and O–H groups in total.